The Kier molecular flexibility index (Phi) is 2.46. The molecular weight excluding hydrogens is 212 g/mol. The lowest BCUT2D eigenvalue weighted by molar-refractivity contribution is -0.394. The summed E-state index contributed by atoms with van der Waals surface area (Å²) in [6.07, 6.45) is 2.89. The first-order chi connectivity index (χ1) is 7.65. The van der Waals surface area contributed by atoms with Crippen molar-refractivity contribution in [3.8, 4) is 0 Å². The minimum atomic E-state index is -0.641. The van der Waals surface area contributed by atoms with Crippen LogP contribution in [0.15, 0.2) is 24.7 Å². The Hall–Kier alpha value is -2.51. The van der Waals surface area contributed by atoms with Crippen molar-refractivity contribution < 1.29 is 4.92 Å². The van der Waals surface area contributed by atoms with Crippen LogP contribution in [0.25, 0.3) is 0 Å². The van der Waals surface area contributed by atoms with E-state index in [1.807, 2.05) is 0 Å². The van der Waals surface area contributed by atoms with Gasteiger partial charge in [-0.25, -0.2) is 4.98 Å². The Morgan fingerprint density at radius 1 is 1.44 bits per heavy atom. The van der Waals surface area contributed by atoms with Gasteiger partial charge >= 0.3 is 5.95 Å². The maximum Gasteiger partial charge on any atom is 0.490 e. The largest absolute Gasteiger partial charge is 0.490 e. The topological polar surface area (TPSA) is 113 Å². The van der Waals surface area contributed by atoms with Crippen LogP contribution in [0.2, 0.25) is 0 Å². The fraction of sp³-hybridized carbons (Fsp3) is 0.125. The lowest BCUT2D eigenvalue weighted by Gasteiger charge is -1.97. The average molecular weight is 220 g/mol. The summed E-state index contributed by atoms with van der Waals surface area (Å²) in [6, 6.07) is 3.43. The van der Waals surface area contributed by atoms with E-state index in [0.717, 1.165) is 5.56 Å². The van der Waals surface area contributed by atoms with Gasteiger partial charge in [0.25, 0.3) is 0 Å². The average Bonchev–Trinajstić information content (AvgIpc) is 2.70. The zero-order chi connectivity index (χ0) is 11.5. The third kappa shape index (κ3) is 2.11. The van der Waals surface area contributed by atoms with Crippen LogP contribution in [0.3, 0.4) is 0 Å². The molecule has 0 radical (unpaired) electrons. The quantitative estimate of drug-likeness (QED) is 0.584. The summed E-state index contributed by atoms with van der Waals surface area (Å²) < 4.78 is 1.37. The smallest absolute Gasteiger partial charge is 0.390 e. The number of aromatic nitrogens is 4. The summed E-state index contributed by atoms with van der Waals surface area (Å²) in [5.74, 6) is 0.0109. The molecule has 0 amide bonds. The van der Waals surface area contributed by atoms with Gasteiger partial charge in [0, 0.05) is 11.3 Å². The van der Waals surface area contributed by atoms with Crippen LogP contribution in [0, 0.1) is 10.1 Å². The van der Waals surface area contributed by atoms with Gasteiger partial charge in [0.2, 0.25) is 6.33 Å². The van der Waals surface area contributed by atoms with Crippen molar-refractivity contribution in [1.82, 2.24) is 19.7 Å². The molecule has 0 aromatic carbocycles. The number of hydrogen-bond acceptors (Lipinski definition) is 6. The number of hydrogen-bond donors (Lipinski definition) is 1. The van der Waals surface area contributed by atoms with E-state index in [1.165, 1.54) is 11.0 Å². The summed E-state index contributed by atoms with van der Waals surface area (Å²) in [6.45, 7) is 0.369. The molecule has 2 aromatic rings. The fourth-order valence-corrected chi connectivity index (χ4v) is 1.16. The number of nitrogens with two attached hydrogens (primary N) is 1. The van der Waals surface area contributed by atoms with E-state index in [1.54, 1.807) is 18.3 Å². The molecule has 0 unspecified atom stereocenters. The Labute approximate surface area is 89.9 Å². The van der Waals surface area contributed by atoms with E-state index >= 15 is 0 Å². The second-order valence-electron chi connectivity index (χ2n) is 3.09. The molecule has 0 saturated carbocycles. The third-order valence-corrected chi connectivity index (χ3v) is 1.88. The van der Waals surface area contributed by atoms with Crippen LogP contribution < -0.4 is 5.73 Å². The molecule has 2 heterocycles. The van der Waals surface area contributed by atoms with E-state index in [0.29, 0.717) is 12.4 Å². The Bertz CT molecular complexity index is 506. The van der Waals surface area contributed by atoms with Crippen LogP contribution >= 0.6 is 0 Å². The number of nitrogen functional groups attached to an aromatic ring is 1. The van der Waals surface area contributed by atoms with E-state index in [-0.39, 0.29) is 0 Å². The Balaban J connectivity index is 2.14. The number of anilines is 1. The Morgan fingerprint density at radius 2 is 2.25 bits per heavy atom. The molecule has 0 atom stereocenters. The second kappa shape index (κ2) is 3.93. The molecular formula is C8H8N6O2. The van der Waals surface area contributed by atoms with Crippen LogP contribution in [0.5, 0.6) is 0 Å². The zero-order valence-corrected chi connectivity index (χ0v) is 8.15. The highest BCUT2D eigenvalue weighted by Crippen LogP contribution is 2.05. The second-order valence-corrected chi connectivity index (χ2v) is 3.09. The molecule has 2 rings (SSSR count). The van der Waals surface area contributed by atoms with Gasteiger partial charge in [-0.2, -0.15) is 4.68 Å². The summed E-state index contributed by atoms with van der Waals surface area (Å²) in [5, 5.41) is 14.0. The lowest BCUT2D eigenvalue weighted by Crippen LogP contribution is -2.02. The van der Waals surface area contributed by atoms with Crippen molar-refractivity contribution in [2.24, 2.45) is 0 Å². The van der Waals surface area contributed by atoms with Gasteiger partial charge in [0.05, 0.1) is 6.54 Å². The number of nitrogens with zero attached hydrogens (tertiary/aromatic N) is 5. The van der Waals surface area contributed by atoms with E-state index in [2.05, 4.69) is 15.1 Å². The maximum atomic E-state index is 10.3. The van der Waals surface area contributed by atoms with Gasteiger partial charge in [-0.3, -0.25) is 0 Å². The highest BCUT2D eigenvalue weighted by molar-refractivity contribution is 5.29. The standard InChI is InChI=1S/C8H8N6O2/c9-7-2-1-6(3-10-7)4-13-5-11-8(12-13)14(15)16/h1-3,5H,4H2,(H2,9,10). The van der Waals surface area contributed by atoms with Crippen LogP contribution in [-0.2, 0) is 6.54 Å². The predicted molar refractivity (Wildman–Crippen MR) is 54.4 cm³/mol. The molecule has 2 N–H and O–H groups in total. The minimum absolute atomic E-state index is 0.369. The zero-order valence-electron chi connectivity index (χ0n) is 8.15. The molecule has 82 valence electrons. The molecule has 0 bridgehead atoms. The van der Waals surface area contributed by atoms with E-state index in [4.69, 9.17) is 5.73 Å². The van der Waals surface area contributed by atoms with Gasteiger partial charge in [-0.1, -0.05) is 11.1 Å². The van der Waals surface area contributed by atoms with Gasteiger partial charge in [-0.15, -0.1) is 0 Å². The van der Waals surface area contributed by atoms with Crippen molar-refractivity contribution in [3.05, 3.63) is 40.3 Å². The molecule has 0 aliphatic rings. The normalized spacial score (nSPS) is 10.2. The number of pyridine rings is 1. The van der Waals surface area contributed by atoms with Crippen molar-refractivity contribution >= 4 is 11.8 Å². The summed E-state index contributed by atoms with van der Waals surface area (Å²) in [4.78, 5) is 17.1. The van der Waals surface area contributed by atoms with Crippen molar-refractivity contribution in [3.63, 3.8) is 0 Å². The van der Waals surface area contributed by atoms with Gasteiger partial charge in [0.15, 0.2) is 0 Å². The first-order valence-electron chi connectivity index (χ1n) is 4.39. The minimum Gasteiger partial charge on any atom is -0.390 e. The molecule has 0 spiro atoms. The molecule has 16 heavy (non-hydrogen) atoms. The van der Waals surface area contributed by atoms with E-state index in [9.17, 15) is 10.1 Å². The first-order valence-corrected chi connectivity index (χ1v) is 4.39. The van der Waals surface area contributed by atoms with Crippen molar-refractivity contribution in [1.29, 1.82) is 0 Å². The molecule has 0 fully saturated rings. The molecule has 8 nitrogen and oxygen atoms in total. The van der Waals surface area contributed by atoms with E-state index < -0.39 is 10.9 Å². The van der Waals surface area contributed by atoms with Crippen molar-refractivity contribution in [2.75, 3.05) is 5.73 Å². The monoisotopic (exact) mass is 220 g/mol. The molecule has 8 heteroatoms. The predicted octanol–water partition coefficient (Wildman–Crippen LogP) is 0.212. The number of nitro groups is 1. The molecule has 0 aliphatic carbocycles. The van der Waals surface area contributed by atoms with Crippen LogP contribution in [-0.4, -0.2) is 24.7 Å². The summed E-state index contributed by atoms with van der Waals surface area (Å²) >= 11 is 0. The number of rotatable bonds is 3. The maximum absolute atomic E-state index is 10.3. The van der Waals surface area contributed by atoms with Gasteiger partial charge in [-0.05, 0) is 16.6 Å². The highest BCUT2D eigenvalue weighted by atomic mass is 16.6. The van der Waals surface area contributed by atoms with Crippen LogP contribution in [0.1, 0.15) is 5.56 Å². The third-order valence-electron chi connectivity index (χ3n) is 1.88. The molecule has 0 saturated heterocycles. The SMILES string of the molecule is Nc1ccc(Cn2cnc([N+](=O)[O-])n2)cn1. The molecule has 0 aliphatic heterocycles. The summed E-state index contributed by atoms with van der Waals surface area (Å²) in [5.41, 5.74) is 6.27. The first kappa shape index (κ1) is 10.0. The fourth-order valence-electron chi connectivity index (χ4n) is 1.16. The highest BCUT2D eigenvalue weighted by Gasteiger charge is 2.12. The van der Waals surface area contributed by atoms with Crippen LogP contribution in [0.4, 0.5) is 11.8 Å². The van der Waals surface area contributed by atoms with Gasteiger partial charge in [0.1, 0.15) is 5.82 Å². The van der Waals surface area contributed by atoms with Gasteiger partial charge < -0.3 is 15.8 Å². The summed E-state index contributed by atoms with van der Waals surface area (Å²) in [7, 11) is 0. The van der Waals surface area contributed by atoms with Crippen molar-refractivity contribution in [2.45, 2.75) is 6.54 Å². The lowest BCUT2D eigenvalue weighted by atomic mass is 10.3. The Morgan fingerprint density at radius 3 is 2.81 bits per heavy atom. The molecule has 2 aromatic heterocycles.